The fraction of sp³-hybridized carbons (Fsp3) is 0.286. The second kappa shape index (κ2) is 6.36. The van der Waals surface area contributed by atoms with Gasteiger partial charge in [0.25, 0.3) is 0 Å². The molecule has 2 aromatic rings. The third kappa shape index (κ3) is 3.48. The molecule has 1 heterocycles. The Morgan fingerprint density at radius 2 is 2.05 bits per heavy atom. The third-order valence-electron chi connectivity index (χ3n) is 2.87. The number of benzene rings is 1. The molecule has 0 saturated carbocycles. The van der Waals surface area contributed by atoms with Crippen LogP contribution in [0.3, 0.4) is 0 Å². The molecule has 0 fully saturated rings. The van der Waals surface area contributed by atoms with Crippen molar-refractivity contribution in [3.8, 4) is 11.6 Å². The number of ether oxygens (including phenoxy) is 1. The minimum atomic E-state index is -0.476. The zero-order valence-electron chi connectivity index (χ0n) is 11.9. The van der Waals surface area contributed by atoms with Crippen molar-refractivity contribution >= 4 is 21.7 Å². The van der Waals surface area contributed by atoms with Crippen molar-refractivity contribution in [2.75, 3.05) is 5.43 Å². The number of hydrogen-bond acceptors (Lipinski definition) is 5. The zero-order chi connectivity index (χ0) is 15.6. The average molecular weight is 355 g/mol. The Bertz CT molecular complexity index is 664. The summed E-state index contributed by atoms with van der Waals surface area (Å²) in [4.78, 5) is 8.63. The Balaban J connectivity index is 2.45. The molecule has 0 saturated heterocycles. The summed E-state index contributed by atoms with van der Waals surface area (Å²) in [6, 6.07) is 4.56. The molecule has 21 heavy (non-hydrogen) atoms. The number of anilines is 1. The van der Waals surface area contributed by atoms with E-state index in [1.54, 1.807) is 13.0 Å². The maximum atomic E-state index is 13.9. The van der Waals surface area contributed by atoms with Gasteiger partial charge in [-0.1, -0.05) is 29.8 Å². The van der Waals surface area contributed by atoms with Crippen LogP contribution in [0, 0.1) is 12.7 Å². The van der Waals surface area contributed by atoms with Crippen molar-refractivity contribution in [2.45, 2.75) is 26.7 Å². The number of nitrogen functional groups attached to an aromatic ring is 1. The predicted molar refractivity (Wildman–Crippen MR) is 82.8 cm³/mol. The van der Waals surface area contributed by atoms with Gasteiger partial charge < -0.3 is 10.2 Å². The second-order valence-electron chi connectivity index (χ2n) is 4.84. The first-order valence-electron chi connectivity index (χ1n) is 6.40. The molecule has 0 atom stereocenters. The van der Waals surface area contributed by atoms with Crippen LogP contribution in [0.1, 0.15) is 31.2 Å². The van der Waals surface area contributed by atoms with Crippen molar-refractivity contribution < 1.29 is 9.13 Å². The summed E-state index contributed by atoms with van der Waals surface area (Å²) in [5.41, 5.74) is 3.12. The van der Waals surface area contributed by atoms with E-state index in [2.05, 4.69) is 31.3 Å². The van der Waals surface area contributed by atoms with E-state index in [1.807, 2.05) is 13.8 Å². The van der Waals surface area contributed by atoms with E-state index in [0.29, 0.717) is 21.7 Å². The first-order chi connectivity index (χ1) is 9.92. The van der Waals surface area contributed by atoms with E-state index < -0.39 is 5.82 Å². The molecule has 112 valence electrons. The third-order valence-corrected chi connectivity index (χ3v) is 3.37. The van der Waals surface area contributed by atoms with Gasteiger partial charge in [0.15, 0.2) is 17.4 Å². The van der Waals surface area contributed by atoms with Crippen molar-refractivity contribution in [1.29, 1.82) is 0 Å². The Morgan fingerprint density at radius 1 is 1.33 bits per heavy atom. The van der Waals surface area contributed by atoms with Gasteiger partial charge in [-0.15, -0.1) is 0 Å². The van der Waals surface area contributed by atoms with E-state index >= 15 is 0 Å². The van der Waals surface area contributed by atoms with Crippen LogP contribution in [-0.4, -0.2) is 9.97 Å². The number of halogens is 2. The van der Waals surface area contributed by atoms with E-state index in [-0.39, 0.29) is 17.5 Å². The molecule has 0 radical (unpaired) electrons. The number of nitrogens with two attached hydrogens (primary N) is 1. The van der Waals surface area contributed by atoms with Crippen LogP contribution in [0.4, 0.5) is 10.2 Å². The van der Waals surface area contributed by atoms with Crippen molar-refractivity contribution in [2.24, 2.45) is 5.84 Å². The van der Waals surface area contributed by atoms with Crippen LogP contribution in [0.5, 0.6) is 11.6 Å². The maximum Gasteiger partial charge on any atom is 0.227 e. The van der Waals surface area contributed by atoms with Gasteiger partial charge in [-0.25, -0.2) is 15.2 Å². The molecule has 2 rings (SSSR count). The summed E-state index contributed by atoms with van der Waals surface area (Å²) >= 11 is 3.20. The molecule has 0 bridgehead atoms. The number of nitrogens with zero attached hydrogens (tertiary/aromatic N) is 2. The van der Waals surface area contributed by atoms with Gasteiger partial charge in [-0.3, -0.25) is 0 Å². The average Bonchev–Trinajstić information content (AvgIpc) is 2.43. The molecule has 5 nitrogen and oxygen atoms in total. The molecule has 0 aliphatic heterocycles. The quantitative estimate of drug-likeness (QED) is 0.643. The highest BCUT2D eigenvalue weighted by Crippen LogP contribution is 2.30. The fourth-order valence-electron chi connectivity index (χ4n) is 1.67. The standard InChI is InChI=1S/C14H16BrFN4O/c1-7(2)12-18-13(20-17)8(3)14(19-12)21-11-5-4-9(15)6-10(11)16/h4-7H,17H2,1-3H3,(H,18,19,20). The van der Waals surface area contributed by atoms with Gasteiger partial charge in [0.1, 0.15) is 5.82 Å². The molecule has 7 heteroatoms. The molecule has 1 aromatic heterocycles. The molecule has 1 aromatic carbocycles. The van der Waals surface area contributed by atoms with Gasteiger partial charge in [-0.05, 0) is 25.1 Å². The molecule has 0 aliphatic rings. The molecule has 0 unspecified atom stereocenters. The van der Waals surface area contributed by atoms with Crippen LogP contribution in [-0.2, 0) is 0 Å². The molecule has 3 N–H and O–H groups in total. The maximum absolute atomic E-state index is 13.9. The summed E-state index contributed by atoms with van der Waals surface area (Å²) in [6.45, 7) is 5.66. The van der Waals surface area contributed by atoms with Crippen LogP contribution < -0.4 is 16.0 Å². The largest absolute Gasteiger partial charge is 0.435 e. The molecular weight excluding hydrogens is 339 g/mol. The SMILES string of the molecule is Cc1c(NN)nc(C(C)C)nc1Oc1ccc(Br)cc1F. The highest BCUT2D eigenvalue weighted by molar-refractivity contribution is 9.10. The normalized spacial score (nSPS) is 10.8. The second-order valence-corrected chi connectivity index (χ2v) is 5.75. The van der Waals surface area contributed by atoms with E-state index in [4.69, 9.17) is 10.6 Å². The fourth-order valence-corrected chi connectivity index (χ4v) is 2.01. The van der Waals surface area contributed by atoms with E-state index in [9.17, 15) is 4.39 Å². The Morgan fingerprint density at radius 3 is 2.62 bits per heavy atom. The Kier molecular flexibility index (Phi) is 4.74. The van der Waals surface area contributed by atoms with Crippen molar-refractivity contribution in [3.05, 3.63) is 39.9 Å². The lowest BCUT2D eigenvalue weighted by Crippen LogP contribution is -2.13. The van der Waals surface area contributed by atoms with Gasteiger partial charge >= 0.3 is 0 Å². The summed E-state index contributed by atoms with van der Waals surface area (Å²) in [5, 5.41) is 0. The van der Waals surface area contributed by atoms with Crippen LogP contribution in [0.2, 0.25) is 0 Å². The van der Waals surface area contributed by atoms with Crippen molar-refractivity contribution in [1.82, 2.24) is 9.97 Å². The minimum absolute atomic E-state index is 0.0924. The predicted octanol–water partition coefficient (Wildman–Crippen LogP) is 3.89. The van der Waals surface area contributed by atoms with Crippen molar-refractivity contribution in [3.63, 3.8) is 0 Å². The minimum Gasteiger partial charge on any atom is -0.435 e. The highest BCUT2D eigenvalue weighted by atomic mass is 79.9. The highest BCUT2D eigenvalue weighted by Gasteiger charge is 2.15. The number of rotatable bonds is 4. The monoisotopic (exact) mass is 354 g/mol. The zero-order valence-corrected chi connectivity index (χ0v) is 13.5. The van der Waals surface area contributed by atoms with Gasteiger partial charge in [0.05, 0.1) is 5.56 Å². The lowest BCUT2D eigenvalue weighted by molar-refractivity contribution is 0.420. The molecular formula is C14H16BrFN4O. The Hall–Kier alpha value is -1.73. The summed E-state index contributed by atoms with van der Waals surface area (Å²) in [6.07, 6.45) is 0. The van der Waals surface area contributed by atoms with Gasteiger partial charge in [0.2, 0.25) is 5.88 Å². The van der Waals surface area contributed by atoms with E-state index in [1.165, 1.54) is 12.1 Å². The molecule has 0 aliphatic carbocycles. The van der Waals surface area contributed by atoms with Crippen LogP contribution in [0.15, 0.2) is 22.7 Å². The first kappa shape index (κ1) is 15.7. The topological polar surface area (TPSA) is 73.1 Å². The summed E-state index contributed by atoms with van der Waals surface area (Å²) in [5.74, 6) is 6.48. The Labute approximate surface area is 130 Å². The summed E-state index contributed by atoms with van der Waals surface area (Å²) in [7, 11) is 0. The molecule has 0 amide bonds. The van der Waals surface area contributed by atoms with Crippen LogP contribution in [0.25, 0.3) is 0 Å². The number of hydrazine groups is 1. The smallest absolute Gasteiger partial charge is 0.227 e. The lowest BCUT2D eigenvalue weighted by Gasteiger charge is -2.14. The lowest BCUT2D eigenvalue weighted by atomic mass is 10.2. The van der Waals surface area contributed by atoms with Crippen LogP contribution >= 0.6 is 15.9 Å². The van der Waals surface area contributed by atoms with Gasteiger partial charge in [-0.2, -0.15) is 4.98 Å². The van der Waals surface area contributed by atoms with Gasteiger partial charge in [0, 0.05) is 10.4 Å². The number of hydrogen-bond donors (Lipinski definition) is 2. The summed E-state index contributed by atoms with van der Waals surface area (Å²) < 4.78 is 20.1. The van der Waals surface area contributed by atoms with E-state index in [0.717, 1.165) is 0 Å². The number of aromatic nitrogens is 2. The number of nitrogens with one attached hydrogen (secondary N) is 1. The molecule has 0 spiro atoms. The first-order valence-corrected chi connectivity index (χ1v) is 7.19.